The number of nitrogens with zero attached hydrogens (tertiary/aromatic N) is 2. The van der Waals surface area contributed by atoms with Crippen LogP contribution in [0.4, 0.5) is 0 Å². The van der Waals surface area contributed by atoms with Crippen molar-refractivity contribution in [3.8, 4) is 0 Å². The van der Waals surface area contributed by atoms with Crippen molar-refractivity contribution in [1.82, 2.24) is 10.1 Å². The van der Waals surface area contributed by atoms with Crippen LogP contribution in [0.15, 0.2) is 91.0 Å². The lowest BCUT2D eigenvalue weighted by molar-refractivity contribution is -0.198. The fraction of sp³-hybridized carbons (Fsp3) is 0.507. The third kappa shape index (κ3) is 58.0. The molecule has 3 aromatic rings. The summed E-state index contributed by atoms with van der Waals surface area (Å²) in [5.74, 6) is -14.9. The predicted octanol–water partition coefficient (Wildman–Crippen LogP) is 2.65. The minimum Gasteiger partial charge on any atom is -0.481 e. The highest BCUT2D eigenvalue weighted by Crippen LogP contribution is 2.15. The van der Waals surface area contributed by atoms with Crippen molar-refractivity contribution in [2.45, 2.75) is 136 Å². The van der Waals surface area contributed by atoms with Gasteiger partial charge in [0.05, 0.1) is 66.1 Å². The van der Waals surface area contributed by atoms with E-state index in [9.17, 15) is 86.3 Å². The summed E-state index contributed by atoms with van der Waals surface area (Å²) in [5, 5.41) is 41.8. The van der Waals surface area contributed by atoms with Gasteiger partial charge in [-0.2, -0.15) is 0 Å². The molecular weight excluding hydrogens is 1510 g/mol. The molecule has 0 aromatic heterocycles. The molecule has 0 saturated carbocycles. The number of hydrogen-bond acceptors (Lipinski definition) is 35. The first-order valence-electron chi connectivity index (χ1n) is 34.5. The van der Waals surface area contributed by atoms with Crippen LogP contribution in [0.2, 0.25) is 0 Å². The van der Waals surface area contributed by atoms with Gasteiger partial charge in [0, 0.05) is 38.5 Å². The van der Waals surface area contributed by atoms with Crippen molar-refractivity contribution in [2.24, 2.45) is 0 Å². The second-order valence-corrected chi connectivity index (χ2v) is 22.3. The number of imide groups is 2. The number of esters is 9. The van der Waals surface area contributed by atoms with E-state index in [1.54, 1.807) is 24.3 Å². The van der Waals surface area contributed by atoms with Crippen molar-refractivity contribution in [1.29, 1.82) is 0 Å². The quantitative estimate of drug-likeness (QED) is 0.0178. The average molecular weight is 1610 g/mol. The molecule has 2 saturated heterocycles. The fourth-order valence-corrected chi connectivity index (χ4v) is 7.90. The number of benzene rings is 3. The van der Waals surface area contributed by atoms with Crippen LogP contribution >= 0.6 is 0 Å². The molecule has 40 heteroatoms. The van der Waals surface area contributed by atoms with Gasteiger partial charge >= 0.3 is 83.6 Å². The van der Waals surface area contributed by atoms with E-state index in [2.05, 4.69) is 23.9 Å². The van der Waals surface area contributed by atoms with Gasteiger partial charge in [0.1, 0.15) is 98.0 Å². The molecule has 0 atom stereocenters. The Morgan fingerprint density at radius 1 is 0.274 bits per heavy atom. The monoisotopic (exact) mass is 1610 g/mol. The van der Waals surface area contributed by atoms with Crippen molar-refractivity contribution in [2.75, 3.05) is 106 Å². The van der Waals surface area contributed by atoms with Crippen molar-refractivity contribution in [3.63, 3.8) is 0 Å². The highest BCUT2D eigenvalue weighted by atomic mass is 16.7. The molecule has 2 aliphatic heterocycles. The third-order valence-corrected chi connectivity index (χ3v) is 13.1. The third-order valence-electron chi connectivity index (χ3n) is 13.1. The fourth-order valence-electron chi connectivity index (χ4n) is 7.90. The van der Waals surface area contributed by atoms with E-state index in [1.807, 2.05) is 66.7 Å². The minimum atomic E-state index is -1.28. The molecule has 0 spiro atoms. The maximum Gasteiger partial charge on any atom is 0.344 e. The molecule has 2 fully saturated rings. The number of carboxylic acids is 3. The molecule has 5 N–H and O–H groups in total. The van der Waals surface area contributed by atoms with E-state index in [4.69, 9.17) is 72.9 Å². The van der Waals surface area contributed by atoms with Crippen molar-refractivity contribution in [3.05, 3.63) is 108 Å². The first kappa shape index (κ1) is 101. The van der Waals surface area contributed by atoms with Gasteiger partial charge in [-0.1, -0.05) is 118 Å². The summed E-state index contributed by atoms with van der Waals surface area (Å²) in [6, 6.07) is 27.8. The number of carboxylic acid groups (broad SMARTS) is 3. The summed E-state index contributed by atoms with van der Waals surface area (Å²) in [7, 11) is 0. The van der Waals surface area contributed by atoms with Gasteiger partial charge in [0.15, 0.2) is 0 Å². The molecule has 0 radical (unpaired) electrons. The Morgan fingerprint density at radius 2 is 0.513 bits per heavy atom. The minimum absolute atomic E-state index is 0. The van der Waals surface area contributed by atoms with Crippen LogP contribution in [-0.4, -0.2) is 249 Å². The predicted molar refractivity (Wildman–Crippen MR) is 376 cm³/mol. The molecule has 2 aliphatic rings. The summed E-state index contributed by atoms with van der Waals surface area (Å²) in [4.78, 5) is 210. The van der Waals surface area contributed by atoms with Crippen LogP contribution in [0.3, 0.4) is 0 Å². The number of hydrogen-bond donors (Lipinski definition) is 5. The van der Waals surface area contributed by atoms with E-state index in [0.717, 1.165) is 42.4 Å². The van der Waals surface area contributed by atoms with Crippen LogP contribution in [-0.2, 0) is 177 Å². The van der Waals surface area contributed by atoms with Gasteiger partial charge in [-0.25, -0.2) is 9.59 Å². The number of carbonyl (C=O) groups excluding carboxylic acids is 15. The largest absolute Gasteiger partial charge is 0.481 e. The van der Waals surface area contributed by atoms with Crippen LogP contribution < -0.4 is 0 Å². The Labute approximate surface area is 648 Å². The maximum absolute atomic E-state index is 11.6. The van der Waals surface area contributed by atoms with Gasteiger partial charge < -0.3 is 96.8 Å². The molecule has 3 aromatic carbocycles. The number of hydroxylamine groups is 4. The van der Waals surface area contributed by atoms with Gasteiger partial charge in [-0.15, -0.1) is 10.1 Å². The highest BCUT2D eigenvalue weighted by molar-refractivity contribution is 6.03. The summed E-state index contributed by atoms with van der Waals surface area (Å²) in [6.45, 7) is 0.271. The van der Waals surface area contributed by atoms with Crippen LogP contribution in [0.5, 0.6) is 0 Å². The lowest BCUT2D eigenvalue weighted by atomic mass is 10.1. The van der Waals surface area contributed by atoms with Crippen LogP contribution in [0, 0.1) is 0 Å². The van der Waals surface area contributed by atoms with E-state index in [0.29, 0.717) is 42.8 Å². The molecule has 2 heterocycles. The van der Waals surface area contributed by atoms with Crippen molar-refractivity contribution >= 4 is 107 Å². The Balaban J connectivity index is 0.00000147. The van der Waals surface area contributed by atoms with Gasteiger partial charge in [0.25, 0.3) is 23.6 Å². The Kier molecular flexibility index (Phi) is 58.3. The number of aliphatic carboxylic acids is 3. The number of aliphatic hydroxyl groups is 2. The molecule has 0 bridgehead atoms. The summed E-state index contributed by atoms with van der Waals surface area (Å²) in [6.07, 6.45) is 0.654. The zero-order valence-corrected chi connectivity index (χ0v) is 61.2. The number of unbranched alkanes of at least 4 members (excludes halogenated alkanes) is 4. The Hall–Kier alpha value is -11.7. The van der Waals surface area contributed by atoms with Gasteiger partial charge in [-0.3, -0.25) is 76.7 Å². The van der Waals surface area contributed by atoms with E-state index in [-0.39, 0.29) is 151 Å². The highest BCUT2D eigenvalue weighted by Gasteiger charge is 2.35. The zero-order valence-electron chi connectivity index (χ0n) is 61.2. The summed E-state index contributed by atoms with van der Waals surface area (Å²) < 4.78 is 63.1. The number of rotatable bonds is 50. The van der Waals surface area contributed by atoms with Crippen LogP contribution in [0.25, 0.3) is 0 Å². The topological polar surface area (TPSA) is 553 Å². The Morgan fingerprint density at radius 3 is 0.788 bits per heavy atom. The smallest absolute Gasteiger partial charge is 0.344 e. The van der Waals surface area contributed by atoms with Gasteiger partial charge in [-0.05, 0) is 29.5 Å². The first-order valence-corrected chi connectivity index (χ1v) is 34.5. The van der Waals surface area contributed by atoms with Crippen LogP contribution in [0.1, 0.15) is 133 Å². The lowest BCUT2D eigenvalue weighted by Gasteiger charge is -2.12. The number of ether oxygens (including phenoxy) is 13. The number of aliphatic hydroxyl groups excluding tert-OH is 2. The standard InChI is InChI=1S/C24H26O9.C18H20N2O13.C16H22O4.C10H14O9.C4H10O3.CH4/c25-21(15-23(27)32-17-19-7-3-1-4-8-19)30-13-11-29-12-14-31-22(26)16-24(28)33-18-20-9-5-2-6-10-20;21-11-1-2-12(22)19(11)32-17(27)9-15(25)30-7-5-29-6-8-31-16(26)10-18(28)33-20-13(23)3-4-14(20)24;17-15(18)11-7-2-1-3-8-12-16(19)20-13-14-9-5-4-6-10-14;11-7(12)5-9(15)18-3-1-17-2-4-19-10(16)6-8(13)14;5-1-3-7-4-2-6;/h1-10H,11-18H2;1-10H2;4-6,9-10H,1-3,7-8,11-13H2,(H,17,18);1-6H2,(H,11,12)(H,13,14);5-6H,1-4H2;1H4. The molecule has 0 aliphatic carbocycles. The molecule has 5 rings (SSSR count). The SMILES string of the molecule is C.O=C(CC(=O)OCc1ccccc1)OCCOCCOC(=O)CC(=O)OCc1ccccc1.O=C(CC(=O)ON1C(=O)CCC1=O)OCCOCCOC(=O)CC(=O)ON1C(=O)CCC1=O.O=C(O)CC(=O)OCCOCCOC(=O)CC(=O)O.O=C(O)CCCCCCCC(=O)OCc1ccccc1.OCCOCCO. The molecule has 626 valence electrons. The normalized spacial score (nSPS) is 11.6. The molecule has 4 amide bonds. The number of carbonyl (C=O) groups is 18. The first-order chi connectivity index (χ1) is 53.7. The second kappa shape index (κ2) is 65.0. The summed E-state index contributed by atoms with van der Waals surface area (Å²) >= 11 is 0. The lowest BCUT2D eigenvalue weighted by Crippen LogP contribution is -2.33. The molecule has 113 heavy (non-hydrogen) atoms. The summed E-state index contributed by atoms with van der Waals surface area (Å²) in [5.41, 5.74) is 2.63. The van der Waals surface area contributed by atoms with Crippen molar-refractivity contribution < 1.29 is 183 Å². The molecular formula is C73H96N2O38. The Bertz CT molecular complexity index is 3200. The average Bonchev–Trinajstić information content (AvgIpc) is 1.74. The van der Waals surface area contributed by atoms with E-state index >= 15 is 0 Å². The molecule has 0 unspecified atom stereocenters. The zero-order chi connectivity index (χ0) is 82.9. The van der Waals surface area contributed by atoms with E-state index in [1.165, 1.54) is 0 Å². The van der Waals surface area contributed by atoms with Gasteiger partial charge in [0.2, 0.25) is 0 Å². The number of amides is 4. The second-order valence-electron chi connectivity index (χ2n) is 22.3. The maximum atomic E-state index is 11.6. The molecule has 40 nitrogen and oxygen atoms in total. The van der Waals surface area contributed by atoms with E-state index < -0.39 is 140 Å².